The van der Waals surface area contributed by atoms with Crippen LogP contribution in [0.3, 0.4) is 0 Å². The number of benzene rings is 2. The van der Waals surface area contributed by atoms with Crippen LogP contribution >= 0.6 is 11.6 Å². The maximum Gasteiger partial charge on any atom is 0.253 e. The van der Waals surface area contributed by atoms with Crippen molar-refractivity contribution < 1.29 is 14.3 Å². The van der Waals surface area contributed by atoms with Gasteiger partial charge in [0.15, 0.2) is 0 Å². The van der Waals surface area contributed by atoms with E-state index in [1.165, 1.54) is 0 Å². The SMILES string of the molecule is COc1cc(CNC(=O)c2ccc(Cl)cc2N2CCCC2=O)ccc1C. The molecule has 1 fully saturated rings. The Hall–Kier alpha value is -2.53. The summed E-state index contributed by atoms with van der Waals surface area (Å²) in [4.78, 5) is 26.4. The molecule has 1 saturated heterocycles. The minimum Gasteiger partial charge on any atom is -0.496 e. The molecular weight excluding hydrogens is 352 g/mol. The smallest absolute Gasteiger partial charge is 0.253 e. The van der Waals surface area contributed by atoms with Gasteiger partial charge in [-0.1, -0.05) is 23.7 Å². The van der Waals surface area contributed by atoms with E-state index in [1.807, 2.05) is 25.1 Å². The van der Waals surface area contributed by atoms with Gasteiger partial charge in [-0.25, -0.2) is 0 Å². The largest absolute Gasteiger partial charge is 0.496 e. The molecule has 2 amide bonds. The predicted octanol–water partition coefficient (Wildman–Crippen LogP) is 3.71. The van der Waals surface area contributed by atoms with Gasteiger partial charge in [-0.3, -0.25) is 9.59 Å². The molecule has 1 aliphatic rings. The van der Waals surface area contributed by atoms with Gasteiger partial charge in [0.2, 0.25) is 5.91 Å². The number of hydrogen-bond acceptors (Lipinski definition) is 3. The minimum absolute atomic E-state index is 0.0181. The first kappa shape index (κ1) is 18.3. The molecule has 0 unspecified atom stereocenters. The molecule has 26 heavy (non-hydrogen) atoms. The highest BCUT2D eigenvalue weighted by Gasteiger charge is 2.26. The van der Waals surface area contributed by atoms with Crippen molar-refractivity contribution in [1.82, 2.24) is 5.32 Å². The molecule has 2 aromatic carbocycles. The summed E-state index contributed by atoms with van der Waals surface area (Å²) in [5.74, 6) is 0.562. The quantitative estimate of drug-likeness (QED) is 0.870. The number of nitrogens with one attached hydrogen (secondary N) is 1. The summed E-state index contributed by atoms with van der Waals surface area (Å²) < 4.78 is 5.32. The van der Waals surface area contributed by atoms with E-state index in [-0.39, 0.29) is 11.8 Å². The van der Waals surface area contributed by atoms with Crippen LogP contribution in [0.2, 0.25) is 5.02 Å². The Kier molecular flexibility index (Phi) is 5.47. The maximum absolute atomic E-state index is 12.7. The number of methoxy groups -OCH3 is 1. The van der Waals surface area contributed by atoms with Crippen molar-refractivity contribution in [3.63, 3.8) is 0 Å². The molecule has 0 aliphatic carbocycles. The number of nitrogens with zero attached hydrogens (tertiary/aromatic N) is 1. The van der Waals surface area contributed by atoms with E-state index in [9.17, 15) is 9.59 Å². The van der Waals surface area contributed by atoms with Crippen LogP contribution in [0, 0.1) is 6.92 Å². The normalized spacial score (nSPS) is 13.8. The third kappa shape index (κ3) is 3.83. The average Bonchev–Trinajstić information content (AvgIpc) is 3.06. The fraction of sp³-hybridized carbons (Fsp3) is 0.300. The first-order chi connectivity index (χ1) is 12.5. The highest BCUT2D eigenvalue weighted by Crippen LogP contribution is 2.29. The second kappa shape index (κ2) is 7.79. The van der Waals surface area contributed by atoms with Gasteiger partial charge in [-0.15, -0.1) is 0 Å². The van der Waals surface area contributed by atoms with E-state index in [1.54, 1.807) is 30.2 Å². The van der Waals surface area contributed by atoms with Crippen LogP contribution in [0.1, 0.15) is 34.3 Å². The van der Waals surface area contributed by atoms with Crippen LogP contribution in [0.25, 0.3) is 0 Å². The molecule has 0 radical (unpaired) electrons. The number of hydrogen-bond donors (Lipinski definition) is 1. The van der Waals surface area contributed by atoms with Crippen molar-refractivity contribution in [2.45, 2.75) is 26.3 Å². The highest BCUT2D eigenvalue weighted by molar-refractivity contribution is 6.31. The Morgan fingerprint density at radius 1 is 1.27 bits per heavy atom. The second-order valence-corrected chi connectivity index (χ2v) is 6.73. The predicted molar refractivity (Wildman–Crippen MR) is 102 cm³/mol. The van der Waals surface area contributed by atoms with Gasteiger partial charge in [0.25, 0.3) is 5.91 Å². The number of anilines is 1. The Morgan fingerprint density at radius 3 is 2.77 bits per heavy atom. The molecular formula is C20H21ClN2O3. The van der Waals surface area contributed by atoms with Crippen LogP contribution < -0.4 is 15.0 Å². The van der Waals surface area contributed by atoms with Gasteiger partial charge in [-0.05, 0) is 48.7 Å². The molecule has 0 spiro atoms. The van der Waals surface area contributed by atoms with E-state index in [0.717, 1.165) is 23.3 Å². The number of aryl methyl sites for hydroxylation is 1. The summed E-state index contributed by atoms with van der Waals surface area (Å²) in [6.07, 6.45) is 1.28. The van der Waals surface area contributed by atoms with Crippen LogP contribution in [-0.2, 0) is 11.3 Å². The minimum atomic E-state index is -0.240. The molecule has 5 nitrogen and oxygen atoms in total. The summed E-state index contributed by atoms with van der Waals surface area (Å²) in [7, 11) is 1.62. The van der Waals surface area contributed by atoms with Crippen molar-refractivity contribution in [3.05, 3.63) is 58.1 Å². The number of carbonyl (C=O) groups is 2. The lowest BCUT2D eigenvalue weighted by Gasteiger charge is -2.20. The van der Waals surface area contributed by atoms with Crippen LogP contribution in [-0.4, -0.2) is 25.5 Å². The number of carbonyl (C=O) groups excluding carboxylic acids is 2. The van der Waals surface area contributed by atoms with Crippen LogP contribution in [0.4, 0.5) is 5.69 Å². The third-order valence-electron chi connectivity index (χ3n) is 4.49. The molecule has 1 aliphatic heterocycles. The third-order valence-corrected chi connectivity index (χ3v) is 4.73. The summed E-state index contributed by atoms with van der Waals surface area (Å²) in [5, 5.41) is 3.41. The van der Waals surface area contributed by atoms with E-state index in [2.05, 4.69) is 5.32 Å². The molecule has 3 rings (SSSR count). The monoisotopic (exact) mass is 372 g/mol. The van der Waals surface area contributed by atoms with Gasteiger partial charge in [0, 0.05) is 24.5 Å². The second-order valence-electron chi connectivity index (χ2n) is 6.30. The molecule has 0 aromatic heterocycles. The molecule has 0 saturated carbocycles. The first-order valence-corrected chi connectivity index (χ1v) is 8.89. The Morgan fingerprint density at radius 2 is 2.08 bits per heavy atom. The molecule has 136 valence electrons. The van der Waals surface area contributed by atoms with Crippen molar-refractivity contribution in [2.24, 2.45) is 0 Å². The van der Waals surface area contributed by atoms with Gasteiger partial charge in [0.05, 0.1) is 18.4 Å². The van der Waals surface area contributed by atoms with Crippen molar-refractivity contribution >= 4 is 29.1 Å². The summed E-state index contributed by atoms with van der Waals surface area (Å²) in [6, 6.07) is 10.8. The van der Waals surface area contributed by atoms with Crippen molar-refractivity contribution in [2.75, 3.05) is 18.6 Å². The summed E-state index contributed by atoms with van der Waals surface area (Å²) in [6.45, 7) is 2.94. The van der Waals surface area contributed by atoms with E-state index in [0.29, 0.717) is 35.8 Å². The molecule has 6 heteroatoms. The lowest BCUT2D eigenvalue weighted by atomic mass is 10.1. The lowest BCUT2D eigenvalue weighted by Crippen LogP contribution is -2.29. The topological polar surface area (TPSA) is 58.6 Å². The molecule has 2 aromatic rings. The Labute approximate surface area is 157 Å². The molecule has 0 bridgehead atoms. The van der Waals surface area contributed by atoms with Crippen molar-refractivity contribution in [1.29, 1.82) is 0 Å². The zero-order valence-electron chi connectivity index (χ0n) is 14.8. The van der Waals surface area contributed by atoms with Gasteiger partial charge in [-0.2, -0.15) is 0 Å². The van der Waals surface area contributed by atoms with Crippen molar-refractivity contribution in [3.8, 4) is 5.75 Å². The van der Waals surface area contributed by atoms with Gasteiger partial charge < -0.3 is 15.0 Å². The Bertz CT molecular complexity index is 851. The molecule has 1 N–H and O–H groups in total. The highest BCUT2D eigenvalue weighted by atomic mass is 35.5. The first-order valence-electron chi connectivity index (χ1n) is 8.51. The number of amides is 2. The molecule has 1 heterocycles. The van der Waals surface area contributed by atoms with Gasteiger partial charge in [0.1, 0.15) is 5.75 Å². The zero-order chi connectivity index (χ0) is 18.7. The number of rotatable bonds is 5. The van der Waals surface area contributed by atoms with E-state index < -0.39 is 0 Å². The standard InChI is InChI=1S/C20H21ClN2O3/c1-13-5-6-14(10-18(13)26-2)12-22-20(25)16-8-7-15(21)11-17(16)23-9-3-4-19(23)24/h5-8,10-11H,3-4,9,12H2,1-2H3,(H,22,25). The lowest BCUT2D eigenvalue weighted by molar-refractivity contribution is -0.117. The fourth-order valence-corrected chi connectivity index (χ4v) is 3.24. The van der Waals surface area contributed by atoms with Crippen LogP contribution in [0.15, 0.2) is 36.4 Å². The summed E-state index contributed by atoms with van der Waals surface area (Å²) >= 11 is 6.09. The zero-order valence-corrected chi connectivity index (χ0v) is 15.6. The van der Waals surface area contributed by atoms with E-state index in [4.69, 9.17) is 16.3 Å². The van der Waals surface area contributed by atoms with Gasteiger partial charge >= 0.3 is 0 Å². The van der Waals surface area contributed by atoms with E-state index >= 15 is 0 Å². The number of halogens is 1. The number of ether oxygens (including phenoxy) is 1. The fourth-order valence-electron chi connectivity index (χ4n) is 3.07. The Balaban J connectivity index is 1.79. The molecule has 0 atom stereocenters. The summed E-state index contributed by atoms with van der Waals surface area (Å²) in [5.41, 5.74) is 2.99. The van der Waals surface area contributed by atoms with Crippen LogP contribution in [0.5, 0.6) is 5.75 Å². The average molecular weight is 373 g/mol. The maximum atomic E-state index is 12.7.